The lowest BCUT2D eigenvalue weighted by atomic mass is 10.2. The number of hydrogen-bond acceptors (Lipinski definition) is 4. The molecule has 0 spiro atoms. The molecule has 0 radical (unpaired) electrons. The van der Waals surface area contributed by atoms with Crippen LogP contribution in [0.25, 0.3) is 5.69 Å². The number of benzene rings is 1. The van der Waals surface area contributed by atoms with Gasteiger partial charge in [0.15, 0.2) is 11.5 Å². The molecule has 5 heteroatoms. The Labute approximate surface area is 117 Å². The predicted molar refractivity (Wildman–Crippen MR) is 74.3 cm³/mol. The van der Waals surface area contributed by atoms with E-state index in [0.29, 0.717) is 0 Å². The number of ketones is 1. The number of carbonyl (C=O) groups is 2. The molecule has 2 rings (SSSR count). The third-order valence-corrected chi connectivity index (χ3v) is 2.83. The first-order valence-electron chi connectivity index (χ1n) is 6.37. The minimum absolute atomic E-state index is 0.0563. The Bertz CT molecular complexity index is 659. The number of aromatic nitrogens is 2. The van der Waals surface area contributed by atoms with Crippen LogP contribution in [0.4, 0.5) is 0 Å². The van der Waals surface area contributed by atoms with Crippen LogP contribution < -0.4 is 0 Å². The number of esters is 1. The molecule has 0 unspecified atom stereocenters. The lowest BCUT2D eigenvalue weighted by Gasteiger charge is -2.02. The Balaban J connectivity index is 2.49. The molecule has 0 fully saturated rings. The van der Waals surface area contributed by atoms with Crippen molar-refractivity contribution in [1.29, 1.82) is 0 Å². The Kier molecular flexibility index (Phi) is 3.98. The van der Waals surface area contributed by atoms with Crippen LogP contribution in [0.15, 0.2) is 30.5 Å². The van der Waals surface area contributed by atoms with Crippen molar-refractivity contribution in [3.05, 3.63) is 47.3 Å². The molecular weight excluding hydrogens is 256 g/mol. The summed E-state index contributed by atoms with van der Waals surface area (Å²) in [7, 11) is 0. The van der Waals surface area contributed by atoms with E-state index in [1.807, 2.05) is 31.2 Å². The van der Waals surface area contributed by atoms with Gasteiger partial charge < -0.3 is 4.74 Å². The summed E-state index contributed by atoms with van der Waals surface area (Å²) in [6.07, 6.45) is 1.56. The molecule has 0 N–H and O–H groups in total. The van der Waals surface area contributed by atoms with Gasteiger partial charge in [-0.1, -0.05) is 12.1 Å². The highest BCUT2D eigenvalue weighted by molar-refractivity contribution is 6.04. The summed E-state index contributed by atoms with van der Waals surface area (Å²) in [6.45, 7) is 5.32. The predicted octanol–water partition coefficient (Wildman–Crippen LogP) is 2.56. The van der Waals surface area contributed by atoms with Crippen molar-refractivity contribution in [2.24, 2.45) is 0 Å². The Morgan fingerprint density at radius 3 is 2.70 bits per heavy atom. The van der Waals surface area contributed by atoms with Gasteiger partial charge in [-0.2, -0.15) is 5.10 Å². The lowest BCUT2D eigenvalue weighted by molar-refractivity contribution is 0.0516. The average molecular weight is 272 g/mol. The molecule has 1 heterocycles. The molecule has 0 aliphatic carbocycles. The maximum absolute atomic E-state index is 11.8. The summed E-state index contributed by atoms with van der Waals surface area (Å²) in [5.74, 6) is -0.795. The summed E-state index contributed by atoms with van der Waals surface area (Å²) >= 11 is 0. The van der Waals surface area contributed by atoms with E-state index in [0.717, 1.165) is 11.3 Å². The van der Waals surface area contributed by atoms with Gasteiger partial charge in [0.2, 0.25) is 0 Å². The number of ether oxygens (including phenoxy) is 1. The first-order valence-corrected chi connectivity index (χ1v) is 6.37. The molecule has 0 amide bonds. The van der Waals surface area contributed by atoms with E-state index in [1.54, 1.807) is 13.1 Å². The Morgan fingerprint density at radius 2 is 2.10 bits per heavy atom. The van der Waals surface area contributed by atoms with E-state index < -0.39 is 5.97 Å². The zero-order valence-corrected chi connectivity index (χ0v) is 11.7. The normalized spacial score (nSPS) is 10.3. The largest absolute Gasteiger partial charge is 0.461 e. The standard InChI is InChI=1S/C15H16N2O3/c1-4-20-15(19)14-13(11(3)18)9-17(16-14)12-7-5-6-10(2)8-12/h5-9H,4H2,1-3H3. The molecule has 0 aliphatic rings. The molecule has 1 aromatic heterocycles. The van der Waals surface area contributed by atoms with Gasteiger partial charge >= 0.3 is 5.97 Å². The van der Waals surface area contributed by atoms with Crippen LogP contribution >= 0.6 is 0 Å². The van der Waals surface area contributed by atoms with Crippen molar-refractivity contribution in [3.8, 4) is 5.69 Å². The Morgan fingerprint density at radius 1 is 1.35 bits per heavy atom. The number of rotatable bonds is 4. The summed E-state index contributed by atoms with van der Waals surface area (Å²) in [4.78, 5) is 23.5. The monoisotopic (exact) mass is 272 g/mol. The first kappa shape index (κ1) is 14.0. The third kappa shape index (κ3) is 2.77. The minimum Gasteiger partial charge on any atom is -0.461 e. The zero-order chi connectivity index (χ0) is 14.7. The molecule has 5 nitrogen and oxygen atoms in total. The SMILES string of the molecule is CCOC(=O)c1nn(-c2cccc(C)c2)cc1C(C)=O. The van der Waals surface area contributed by atoms with Crippen LogP contribution in [-0.4, -0.2) is 28.1 Å². The second-order valence-electron chi connectivity index (χ2n) is 4.45. The van der Waals surface area contributed by atoms with Gasteiger partial charge in [-0.05, 0) is 38.5 Å². The fraction of sp³-hybridized carbons (Fsp3) is 0.267. The van der Waals surface area contributed by atoms with Gasteiger partial charge in [0, 0.05) is 6.20 Å². The molecule has 20 heavy (non-hydrogen) atoms. The van der Waals surface area contributed by atoms with E-state index in [4.69, 9.17) is 4.74 Å². The van der Waals surface area contributed by atoms with Crippen molar-refractivity contribution in [2.75, 3.05) is 6.61 Å². The molecule has 104 valence electrons. The second-order valence-corrected chi connectivity index (χ2v) is 4.45. The van der Waals surface area contributed by atoms with Crippen LogP contribution in [0.1, 0.15) is 40.3 Å². The Hall–Kier alpha value is -2.43. The van der Waals surface area contributed by atoms with Gasteiger partial charge in [0.25, 0.3) is 0 Å². The second kappa shape index (κ2) is 5.69. The van der Waals surface area contributed by atoms with Gasteiger partial charge in [0.05, 0.1) is 17.9 Å². The van der Waals surface area contributed by atoms with Crippen LogP contribution in [0.2, 0.25) is 0 Å². The van der Waals surface area contributed by atoms with Crippen LogP contribution in [-0.2, 0) is 4.74 Å². The molecule has 0 atom stereocenters. The first-order chi connectivity index (χ1) is 9.52. The van der Waals surface area contributed by atoms with Gasteiger partial charge in [-0.15, -0.1) is 0 Å². The molecular formula is C15H16N2O3. The van der Waals surface area contributed by atoms with Crippen molar-refractivity contribution >= 4 is 11.8 Å². The fourth-order valence-corrected chi connectivity index (χ4v) is 1.88. The number of hydrogen-bond donors (Lipinski definition) is 0. The highest BCUT2D eigenvalue weighted by Gasteiger charge is 2.21. The van der Waals surface area contributed by atoms with Crippen molar-refractivity contribution < 1.29 is 14.3 Å². The third-order valence-electron chi connectivity index (χ3n) is 2.83. The number of aryl methyl sites for hydroxylation is 1. The highest BCUT2D eigenvalue weighted by Crippen LogP contribution is 2.15. The van der Waals surface area contributed by atoms with Crippen LogP contribution in [0.5, 0.6) is 0 Å². The highest BCUT2D eigenvalue weighted by atomic mass is 16.5. The lowest BCUT2D eigenvalue weighted by Crippen LogP contribution is -2.10. The summed E-state index contributed by atoms with van der Waals surface area (Å²) in [5, 5.41) is 4.18. The molecule has 0 saturated carbocycles. The van der Waals surface area contributed by atoms with E-state index in [-0.39, 0.29) is 23.6 Å². The van der Waals surface area contributed by atoms with E-state index >= 15 is 0 Å². The van der Waals surface area contributed by atoms with Crippen molar-refractivity contribution in [2.45, 2.75) is 20.8 Å². The summed E-state index contributed by atoms with van der Waals surface area (Å²) < 4.78 is 6.45. The van der Waals surface area contributed by atoms with Gasteiger partial charge in [0.1, 0.15) is 0 Å². The summed E-state index contributed by atoms with van der Waals surface area (Å²) in [5.41, 5.74) is 2.19. The topological polar surface area (TPSA) is 61.2 Å². The minimum atomic E-state index is -0.580. The molecule has 0 saturated heterocycles. The zero-order valence-electron chi connectivity index (χ0n) is 11.7. The molecule has 2 aromatic rings. The maximum atomic E-state index is 11.8. The average Bonchev–Trinajstić information content (AvgIpc) is 2.84. The molecule has 1 aromatic carbocycles. The number of nitrogens with zero attached hydrogens (tertiary/aromatic N) is 2. The smallest absolute Gasteiger partial charge is 0.359 e. The summed E-state index contributed by atoms with van der Waals surface area (Å²) in [6, 6.07) is 7.64. The van der Waals surface area contributed by atoms with E-state index in [2.05, 4.69) is 5.10 Å². The molecule has 0 bridgehead atoms. The fourth-order valence-electron chi connectivity index (χ4n) is 1.88. The van der Waals surface area contributed by atoms with Gasteiger partial charge in [-0.25, -0.2) is 9.48 Å². The quantitative estimate of drug-likeness (QED) is 0.634. The van der Waals surface area contributed by atoms with Crippen molar-refractivity contribution in [3.63, 3.8) is 0 Å². The van der Waals surface area contributed by atoms with Gasteiger partial charge in [-0.3, -0.25) is 4.79 Å². The van der Waals surface area contributed by atoms with Crippen molar-refractivity contribution in [1.82, 2.24) is 9.78 Å². The van der Waals surface area contributed by atoms with E-state index in [9.17, 15) is 9.59 Å². The number of Topliss-reactive ketones (excluding diaryl/α,β-unsaturated/α-hetero) is 1. The number of carbonyl (C=O) groups excluding carboxylic acids is 2. The van der Waals surface area contributed by atoms with E-state index in [1.165, 1.54) is 11.6 Å². The van der Waals surface area contributed by atoms with Crippen LogP contribution in [0.3, 0.4) is 0 Å². The maximum Gasteiger partial charge on any atom is 0.359 e. The van der Waals surface area contributed by atoms with Crippen LogP contribution in [0, 0.1) is 6.92 Å². The molecule has 0 aliphatic heterocycles.